The first kappa shape index (κ1) is 30.3. The third-order valence-corrected chi connectivity index (χ3v) is 6.47. The molecule has 3 rings (SSSR count). The topological polar surface area (TPSA) is 157 Å². The number of carbonyl (C=O) groups excluding carboxylic acids is 3. The van der Waals surface area contributed by atoms with Gasteiger partial charge in [0.05, 0.1) is 6.10 Å². The summed E-state index contributed by atoms with van der Waals surface area (Å²) in [4.78, 5) is 49.4. The Hall–Kier alpha value is -4.22. The quantitative estimate of drug-likeness (QED) is 0.265. The highest BCUT2D eigenvalue weighted by Crippen LogP contribution is 2.25. The third kappa shape index (κ3) is 8.14. The summed E-state index contributed by atoms with van der Waals surface area (Å²) >= 11 is 0. The lowest BCUT2D eigenvalue weighted by Gasteiger charge is -2.33. The minimum atomic E-state index is -1.10. The second-order valence-corrected chi connectivity index (χ2v) is 9.84. The fourth-order valence-corrected chi connectivity index (χ4v) is 4.20. The molecule has 2 aromatic carbocycles. The van der Waals surface area contributed by atoms with Crippen molar-refractivity contribution in [2.75, 3.05) is 13.2 Å². The zero-order chi connectivity index (χ0) is 29.4. The Morgan fingerprint density at radius 3 is 2.42 bits per heavy atom. The number of ether oxygens (including phenoxy) is 1. The number of carboxylic acid groups (broad SMARTS) is 1. The number of hydrogen-bond donors (Lipinski definition) is 5. The van der Waals surface area contributed by atoms with Gasteiger partial charge in [-0.25, -0.2) is 5.43 Å². The standard InChI is InChI=1S/C29H36N4O7/c1-17(2)26(27(36)30-18(3)28(37)33-14-6-9-24(32-33)29(38)39)31-25(35)16-40-23-12-10-20(11-13-23)22-8-5-7-21(15-22)19(4)34/h5,7-8,10-13,15,18-19,24,26,32,34H,1,6,9,14,16H2,2-4H3,(H,30,36)(H,31,35)(H,38,39)/t18-,19+,24-,26-/m0/s1. The molecule has 1 heterocycles. The molecule has 214 valence electrons. The SMILES string of the molecule is C=C(C)[C@H](NC(=O)COc1ccc(-c2cccc([C@@H](C)O)c2)cc1)C(=O)N[C@@H](C)C(=O)N1CCC[C@@H](C(=O)O)N1. The van der Waals surface area contributed by atoms with Crippen LogP contribution in [0, 0.1) is 0 Å². The number of aliphatic hydroxyl groups excluding tert-OH is 1. The molecule has 1 saturated heterocycles. The average Bonchev–Trinajstić information content (AvgIpc) is 2.94. The molecule has 0 unspecified atom stereocenters. The van der Waals surface area contributed by atoms with E-state index in [2.05, 4.69) is 22.6 Å². The Balaban J connectivity index is 1.53. The van der Waals surface area contributed by atoms with Gasteiger partial charge < -0.3 is 25.6 Å². The molecule has 0 aromatic heterocycles. The van der Waals surface area contributed by atoms with Crippen LogP contribution in [0.4, 0.5) is 0 Å². The number of nitrogens with zero attached hydrogens (tertiary/aromatic N) is 1. The lowest BCUT2D eigenvalue weighted by atomic mass is 10.0. The molecular weight excluding hydrogens is 516 g/mol. The first-order chi connectivity index (χ1) is 19.0. The van der Waals surface area contributed by atoms with E-state index in [4.69, 9.17) is 4.74 Å². The minimum Gasteiger partial charge on any atom is -0.484 e. The van der Waals surface area contributed by atoms with E-state index in [-0.39, 0.29) is 6.61 Å². The third-order valence-electron chi connectivity index (χ3n) is 6.47. The fourth-order valence-electron chi connectivity index (χ4n) is 4.20. The summed E-state index contributed by atoms with van der Waals surface area (Å²) in [6.45, 7) is 8.50. The maximum absolute atomic E-state index is 12.9. The van der Waals surface area contributed by atoms with Gasteiger partial charge in [-0.3, -0.25) is 24.2 Å². The summed E-state index contributed by atoms with van der Waals surface area (Å²) in [6.07, 6.45) is 0.334. The van der Waals surface area contributed by atoms with Gasteiger partial charge in [-0.2, -0.15) is 0 Å². The Labute approximate surface area is 233 Å². The van der Waals surface area contributed by atoms with Crippen LogP contribution in [0.25, 0.3) is 11.1 Å². The Morgan fingerprint density at radius 1 is 1.10 bits per heavy atom. The second kappa shape index (κ2) is 13.7. The molecule has 2 aromatic rings. The van der Waals surface area contributed by atoms with E-state index >= 15 is 0 Å². The molecule has 1 aliphatic rings. The number of aliphatic hydroxyl groups is 1. The number of hydrazine groups is 1. The van der Waals surface area contributed by atoms with Crippen LogP contribution in [0.15, 0.2) is 60.7 Å². The second-order valence-electron chi connectivity index (χ2n) is 9.84. The van der Waals surface area contributed by atoms with Crippen molar-refractivity contribution < 1.29 is 34.1 Å². The van der Waals surface area contributed by atoms with Crippen molar-refractivity contribution in [1.29, 1.82) is 0 Å². The molecule has 11 nitrogen and oxygen atoms in total. The average molecular weight is 553 g/mol. The number of aliphatic carboxylic acids is 1. The van der Waals surface area contributed by atoms with E-state index < -0.39 is 47.9 Å². The van der Waals surface area contributed by atoms with Crippen molar-refractivity contribution >= 4 is 23.7 Å². The molecule has 3 amide bonds. The lowest BCUT2D eigenvalue weighted by Crippen LogP contribution is -2.60. The van der Waals surface area contributed by atoms with Crippen LogP contribution >= 0.6 is 0 Å². The van der Waals surface area contributed by atoms with Crippen molar-refractivity contribution in [3.8, 4) is 16.9 Å². The van der Waals surface area contributed by atoms with Gasteiger partial charge in [0.2, 0.25) is 5.91 Å². The maximum Gasteiger partial charge on any atom is 0.322 e. The highest BCUT2D eigenvalue weighted by molar-refractivity contribution is 5.94. The van der Waals surface area contributed by atoms with E-state index in [1.165, 1.54) is 11.9 Å². The van der Waals surface area contributed by atoms with Crippen LogP contribution < -0.4 is 20.8 Å². The number of amides is 3. The molecule has 1 fully saturated rings. The number of hydrogen-bond acceptors (Lipinski definition) is 7. The highest BCUT2D eigenvalue weighted by Gasteiger charge is 2.32. The predicted octanol–water partition coefficient (Wildman–Crippen LogP) is 1.93. The smallest absolute Gasteiger partial charge is 0.322 e. The molecular formula is C29H36N4O7. The molecule has 5 N–H and O–H groups in total. The monoisotopic (exact) mass is 552 g/mol. The Kier molecular flexibility index (Phi) is 10.4. The number of rotatable bonds is 11. The van der Waals surface area contributed by atoms with E-state index in [0.717, 1.165) is 16.7 Å². The summed E-state index contributed by atoms with van der Waals surface area (Å²) in [5, 5.41) is 25.3. The molecule has 0 saturated carbocycles. The van der Waals surface area contributed by atoms with Crippen molar-refractivity contribution in [1.82, 2.24) is 21.1 Å². The molecule has 4 atom stereocenters. The van der Waals surface area contributed by atoms with Gasteiger partial charge in [0.1, 0.15) is 23.9 Å². The van der Waals surface area contributed by atoms with Crippen LogP contribution in [0.2, 0.25) is 0 Å². The van der Waals surface area contributed by atoms with Crippen molar-refractivity contribution in [3.05, 3.63) is 66.2 Å². The number of benzene rings is 2. The molecule has 0 spiro atoms. The van der Waals surface area contributed by atoms with Gasteiger partial charge in [0.15, 0.2) is 6.61 Å². The fraction of sp³-hybridized carbons (Fsp3) is 0.379. The van der Waals surface area contributed by atoms with Crippen LogP contribution in [-0.4, -0.2) is 70.2 Å². The molecule has 1 aliphatic heterocycles. The van der Waals surface area contributed by atoms with Crippen LogP contribution in [0.5, 0.6) is 5.75 Å². The molecule has 0 aliphatic carbocycles. The lowest BCUT2D eigenvalue weighted by molar-refractivity contribution is -0.148. The van der Waals surface area contributed by atoms with Gasteiger partial charge >= 0.3 is 5.97 Å². The molecule has 0 bridgehead atoms. The van der Waals surface area contributed by atoms with E-state index in [9.17, 15) is 29.4 Å². The summed E-state index contributed by atoms with van der Waals surface area (Å²) in [5.41, 5.74) is 5.68. The maximum atomic E-state index is 12.9. The zero-order valence-electron chi connectivity index (χ0n) is 22.8. The first-order valence-corrected chi connectivity index (χ1v) is 13.0. The van der Waals surface area contributed by atoms with Crippen LogP contribution in [-0.2, 0) is 19.2 Å². The largest absolute Gasteiger partial charge is 0.484 e. The van der Waals surface area contributed by atoms with E-state index in [1.807, 2.05) is 36.4 Å². The van der Waals surface area contributed by atoms with Gasteiger partial charge in [-0.05, 0) is 74.1 Å². The van der Waals surface area contributed by atoms with E-state index in [0.29, 0.717) is 30.7 Å². The summed E-state index contributed by atoms with van der Waals surface area (Å²) in [6, 6.07) is 11.7. The van der Waals surface area contributed by atoms with E-state index in [1.54, 1.807) is 26.0 Å². The normalized spacial score (nSPS) is 17.2. The summed E-state index contributed by atoms with van der Waals surface area (Å²) in [5.74, 6) is -2.28. The first-order valence-electron chi connectivity index (χ1n) is 13.0. The Bertz CT molecular complexity index is 1250. The minimum absolute atomic E-state index is 0.316. The number of carbonyl (C=O) groups is 4. The zero-order valence-corrected chi connectivity index (χ0v) is 22.8. The van der Waals surface area contributed by atoms with Crippen molar-refractivity contribution in [2.45, 2.75) is 57.8 Å². The summed E-state index contributed by atoms with van der Waals surface area (Å²) in [7, 11) is 0. The van der Waals surface area contributed by atoms with Crippen molar-refractivity contribution in [2.24, 2.45) is 0 Å². The van der Waals surface area contributed by atoms with Crippen molar-refractivity contribution in [3.63, 3.8) is 0 Å². The number of carboxylic acids is 1. The van der Waals surface area contributed by atoms with Crippen LogP contribution in [0.1, 0.15) is 45.3 Å². The summed E-state index contributed by atoms with van der Waals surface area (Å²) < 4.78 is 5.58. The van der Waals surface area contributed by atoms with Gasteiger partial charge in [-0.15, -0.1) is 0 Å². The molecule has 11 heteroatoms. The highest BCUT2D eigenvalue weighted by atomic mass is 16.5. The molecule has 40 heavy (non-hydrogen) atoms. The number of nitrogens with one attached hydrogen (secondary N) is 3. The Morgan fingerprint density at radius 2 is 1.80 bits per heavy atom. The molecule has 0 radical (unpaired) electrons. The van der Waals surface area contributed by atoms with Gasteiger partial charge in [-0.1, -0.05) is 36.9 Å². The van der Waals surface area contributed by atoms with Crippen LogP contribution in [0.3, 0.4) is 0 Å². The predicted molar refractivity (Wildman–Crippen MR) is 148 cm³/mol. The van der Waals surface area contributed by atoms with Gasteiger partial charge in [0.25, 0.3) is 11.8 Å². The van der Waals surface area contributed by atoms with Gasteiger partial charge in [0, 0.05) is 6.54 Å².